The highest BCUT2D eigenvalue weighted by Gasteiger charge is 2.42. The molecule has 0 unspecified atom stereocenters. The Hall–Kier alpha value is -3.92. The molecule has 0 spiro atoms. The average Bonchev–Trinajstić information content (AvgIpc) is 3.10. The zero-order valence-corrected chi connectivity index (χ0v) is 31.3. The number of rotatable bonds is 12. The highest BCUT2D eigenvalue weighted by atomic mass is 16.5. The van der Waals surface area contributed by atoms with Gasteiger partial charge in [-0.15, -0.1) is 0 Å². The van der Waals surface area contributed by atoms with Crippen LogP contribution >= 0.6 is 0 Å². The third-order valence-corrected chi connectivity index (χ3v) is 12.1. The van der Waals surface area contributed by atoms with Gasteiger partial charge in [-0.1, -0.05) is 88.3 Å². The van der Waals surface area contributed by atoms with Crippen molar-refractivity contribution in [2.24, 2.45) is 17.8 Å². The first kappa shape index (κ1) is 35.9. The van der Waals surface area contributed by atoms with Gasteiger partial charge in [-0.25, -0.2) is 0 Å². The summed E-state index contributed by atoms with van der Waals surface area (Å²) in [6.07, 6.45) is 17.7. The van der Waals surface area contributed by atoms with E-state index in [0.717, 1.165) is 75.8 Å². The van der Waals surface area contributed by atoms with E-state index in [4.69, 9.17) is 20.9 Å². The largest absolute Gasteiger partial charge is 0.457 e. The molecule has 0 bridgehead atoms. The smallest absolute Gasteiger partial charge is 0.133 e. The van der Waals surface area contributed by atoms with Crippen LogP contribution in [0.1, 0.15) is 124 Å². The fourth-order valence-corrected chi connectivity index (χ4v) is 9.32. The van der Waals surface area contributed by atoms with Crippen molar-refractivity contribution in [3.05, 3.63) is 106 Å². The monoisotopic (exact) mass is 672 g/mol. The number of hydrogen-bond acceptors (Lipinski definition) is 4. The maximum atomic E-state index is 6.46. The number of ether oxygens (including phenoxy) is 2. The van der Waals surface area contributed by atoms with E-state index in [1.54, 1.807) is 0 Å². The van der Waals surface area contributed by atoms with Gasteiger partial charge in [0.1, 0.15) is 23.0 Å². The Bertz CT molecular complexity index is 1590. The lowest BCUT2D eigenvalue weighted by Crippen LogP contribution is -2.36. The Morgan fingerprint density at radius 1 is 0.580 bits per heavy atom. The van der Waals surface area contributed by atoms with E-state index in [2.05, 4.69) is 58.9 Å². The molecule has 0 heterocycles. The van der Waals surface area contributed by atoms with E-state index in [9.17, 15) is 0 Å². The van der Waals surface area contributed by atoms with E-state index >= 15 is 0 Å². The summed E-state index contributed by atoms with van der Waals surface area (Å²) < 4.78 is 12.9. The topological polar surface area (TPSA) is 70.5 Å². The van der Waals surface area contributed by atoms with Crippen molar-refractivity contribution in [3.8, 4) is 23.0 Å². The van der Waals surface area contributed by atoms with Gasteiger partial charge in [0.2, 0.25) is 0 Å². The third-order valence-electron chi connectivity index (χ3n) is 12.1. The Morgan fingerprint density at radius 3 is 1.48 bits per heavy atom. The maximum absolute atomic E-state index is 6.46. The quantitative estimate of drug-likeness (QED) is 0.116. The molecule has 0 radical (unpaired) electrons. The molecule has 0 saturated heterocycles. The summed E-state index contributed by atoms with van der Waals surface area (Å²) in [6.45, 7) is 11.1. The van der Waals surface area contributed by atoms with Crippen molar-refractivity contribution in [2.75, 3.05) is 11.5 Å². The highest BCUT2D eigenvalue weighted by Crippen LogP contribution is 2.52. The minimum atomic E-state index is -0.0660. The van der Waals surface area contributed by atoms with E-state index in [1.165, 1.54) is 81.8 Å². The SMILES string of the molecule is CCCCCC[C@H]1CC[C@@H](C2CCC(c3cc(C)c(Oc4cccc(N)c4)c(C)c3)(c3cc(C)c(Oc4cccc(N)c4)c(C)c3)CC2)CC1. The lowest BCUT2D eigenvalue weighted by molar-refractivity contribution is 0.140. The molecule has 4 aromatic carbocycles. The number of anilines is 2. The van der Waals surface area contributed by atoms with Crippen molar-refractivity contribution in [1.29, 1.82) is 0 Å². The predicted molar refractivity (Wildman–Crippen MR) is 211 cm³/mol. The molecule has 0 aromatic heterocycles. The van der Waals surface area contributed by atoms with Crippen LogP contribution in [-0.4, -0.2) is 0 Å². The van der Waals surface area contributed by atoms with Crippen LogP contribution in [0.4, 0.5) is 11.4 Å². The van der Waals surface area contributed by atoms with Crippen molar-refractivity contribution in [1.82, 2.24) is 0 Å². The maximum Gasteiger partial charge on any atom is 0.133 e. The number of nitrogens with two attached hydrogens (primary N) is 2. The Morgan fingerprint density at radius 2 is 1.04 bits per heavy atom. The second kappa shape index (κ2) is 16.0. The average molecular weight is 673 g/mol. The molecule has 4 aromatic rings. The number of nitrogen functional groups attached to an aromatic ring is 2. The molecule has 2 saturated carbocycles. The van der Waals surface area contributed by atoms with Crippen LogP contribution in [0.15, 0.2) is 72.8 Å². The summed E-state index contributed by atoms with van der Waals surface area (Å²) in [7, 11) is 0. The summed E-state index contributed by atoms with van der Waals surface area (Å²) in [4.78, 5) is 0. The number of aryl methyl sites for hydroxylation is 4. The normalized spacial score (nSPS) is 19.3. The first-order valence-electron chi connectivity index (χ1n) is 19.5. The minimum absolute atomic E-state index is 0.0660. The molecule has 266 valence electrons. The first-order valence-corrected chi connectivity index (χ1v) is 19.5. The molecule has 2 fully saturated rings. The predicted octanol–water partition coefficient (Wildman–Crippen LogP) is 12.9. The molecule has 50 heavy (non-hydrogen) atoms. The third kappa shape index (κ3) is 8.17. The Labute approximate surface area is 302 Å². The lowest BCUT2D eigenvalue weighted by Gasteiger charge is -2.45. The van der Waals surface area contributed by atoms with Crippen LogP contribution < -0.4 is 20.9 Å². The summed E-state index contributed by atoms with van der Waals surface area (Å²) in [5.74, 6) is 6.07. The molecular formula is C46H60N2O2. The van der Waals surface area contributed by atoms with Crippen LogP contribution in [0, 0.1) is 45.4 Å². The van der Waals surface area contributed by atoms with Gasteiger partial charge in [0, 0.05) is 28.9 Å². The van der Waals surface area contributed by atoms with Crippen LogP contribution in [0.2, 0.25) is 0 Å². The second-order valence-electron chi connectivity index (χ2n) is 15.8. The van der Waals surface area contributed by atoms with E-state index in [1.807, 2.05) is 48.5 Å². The molecular weight excluding hydrogens is 613 g/mol. The van der Waals surface area contributed by atoms with Gasteiger partial charge in [-0.3, -0.25) is 0 Å². The van der Waals surface area contributed by atoms with E-state index < -0.39 is 0 Å². The number of unbranched alkanes of at least 4 members (excludes halogenated alkanes) is 3. The van der Waals surface area contributed by atoms with Gasteiger partial charge in [0.25, 0.3) is 0 Å². The van der Waals surface area contributed by atoms with Crippen molar-refractivity contribution in [2.45, 2.75) is 124 Å². The van der Waals surface area contributed by atoms with Crippen molar-refractivity contribution >= 4 is 11.4 Å². The molecule has 0 amide bonds. The first-order chi connectivity index (χ1) is 24.1. The summed E-state index contributed by atoms with van der Waals surface area (Å²) in [5.41, 5.74) is 21.0. The molecule has 4 heteroatoms. The van der Waals surface area contributed by atoms with E-state index in [-0.39, 0.29) is 5.41 Å². The van der Waals surface area contributed by atoms with E-state index in [0.29, 0.717) is 11.4 Å². The Balaban J connectivity index is 1.27. The van der Waals surface area contributed by atoms with Crippen LogP contribution in [-0.2, 0) is 5.41 Å². The summed E-state index contributed by atoms with van der Waals surface area (Å²) in [5, 5.41) is 0. The summed E-state index contributed by atoms with van der Waals surface area (Å²) in [6, 6.07) is 25.0. The fraction of sp³-hybridized carbons (Fsp3) is 0.478. The zero-order chi connectivity index (χ0) is 35.3. The van der Waals surface area contributed by atoms with Gasteiger partial charge in [0.05, 0.1) is 0 Å². The molecule has 4 nitrogen and oxygen atoms in total. The Kier molecular flexibility index (Phi) is 11.5. The lowest BCUT2D eigenvalue weighted by atomic mass is 9.59. The molecule has 4 N–H and O–H groups in total. The standard InChI is InChI=1S/C46H60N2O2/c1-6-7-8-9-12-35-17-19-36(20-18-35)37-21-23-46(24-22-37,38-25-31(2)44(32(3)26-38)49-42-15-10-13-40(47)29-42)39-27-33(4)45(34(5)28-39)50-43-16-11-14-41(48)30-43/h10-11,13-16,25-30,35-37H,6-9,12,17-24,47-48H2,1-5H3/t35-,36+. The molecule has 0 atom stereocenters. The zero-order valence-electron chi connectivity index (χ0n) is 31.3. The highest BCUT2D eigenvalue weighted by molar-refractivity contribution is 5.55. The van der Waals surface area contributed by atoms with Crippen molar-refractivity contribution < 1.29 is 9.47 Å². The van der Waals surface area contributed by atoms with Gasteiger partial charge < -0.3 is 20.9 Å². The van der Waals surface area contributed by atoms with Crippen LogP contribution in [0.25, 0.3) is 0 Å². The molecule has 2 aliphatic rings. The van der Waals surface area contributed by atoms with Crippen LogP contribution in [0.3, 0.4) is 0 Å². The molecule has 0 aliphatic heterocycles. The molecule has 2 aliphatic carbocycles. The second-order valence-corrected chi connectivity index (χ2v) is 15.8. The van der Waals surface area contributed by atoms with Crippen LogP contribution in [0.5, 0.6) is 23.0 Å². The number of hydrogen-bond donors (Lipinski definition) is 2. The minimum Gasteiger partial charge on any atom is -0.457 e. The van der Waals surface area contributed by atoms with Gasteiger partial charge in [-0.2, -0.15) is 0 Å². The number of benzene rings is 4. The molecule has 6 rings (SSSR count). The van der Waals surface area contributed by atoms with Gasteiger partial charge in [-0.05, 0) is 142 Å². The fourth-order valence-electron chi connectivity index (χ4n) is 9.32. The van der Waals surface area contributed by atoms with Gasteiger partial charge in [0.15, 0.2) is 0 Å². The van der Waals surface area contributed by atoms with Gasteiger partial charge >= 0.3 is 0 Å². The summed E-state index contributed by atoms with van der Waals surface area (Å²) >= 11 is 0. The van der Waals surface area contributed by atoms with Crippen molar-refractivity contribution in [3.63, 3.8) is 0 Å².